The monoisotopic (exact) mass is 240 g/mol. The molecule has 1 aliphatic carbocycles. The molecule has 1 amide bonds. The molecule has 1 saturated carbocycles. The maximum absolute atomic E-state index is 12.1. The van der Waals surface area contributed by atoms with Gasteiger partial charge >= 0.3 is 0 Å². The number of nitrogens with two attached hydrogens (primary N) is 1. The molecule has 17 heavy (non-hydrogen) atoms. The summed E-state index contributed by atoms with van der Waals surface area (Å²) in [5.74, 6) is 1.09. The molecule has 1 aliphatic rings. The van der Waals surface area contributed by atoms with Crippen molar-refractivity contribution in [1.82, 2.24) is 5.32 Å². The third-order valence-corrected chi connectivity index (χ3v) is 4.21. The third kappa shape index (κ3) is 4.30. The number of nitrogens with one attached hydrogen (secondary N) is 1. The smallest absolute Gasteiger partial charge is 0.223 e. The average molecular weight is 240 g/mol. The van der Waals surface area contributed by atoms with Crippen LogP contribution in [0.2, 0.25) is 0 Å². The van der Waals surface area contributed by atoms with Crippen molar-refractivity contribution >= 4 is 5.91 Å². The van der Waals surface area contributed by atoms with Crippen LogP contribution >= 0.6 is 0 Å². The van der Waals surface area contributed by atoms with Crippen LogP contribution in [0.25, 0.3) is 0 Å². The first kappa shape index (κ1) is 14.5. The van der Waals surface area contributed by atoms with Gasteiger partial charge in [-0.15, -0.1) is 0 Å². The van der Waals surface area contributed by atoms with Crippen LogP contribution in [0.5, 0.6) is 0 Å². The van der Waals surface area contributed by atoms with Crippen LogP contribution in [0.1, 0.15) is 53.4 Å². The van der Waals surface area contributed by atoms with E-state index < -0.39 is 0 Å². The molecule has 3 nitrogen and oxygen atoms in total. The molecule has 0 aromatic heterocycles. The Morgan fingerprint density at radius 3 is 2.24 bits per heavy atom. The Hall–Kier alpha value is -0.570. The van der Waals surface area contributed by atoms with E-state index in [-0.39, 0.29) is 23.3 Å². The normalized spacial score (nSPS) is 27.6. The first-order valence-electron chi connectivity index (χ1n) is 6.85. The molecule has 0 spiro atoms. The number of hydrogen-bond acceptors (Lipinski definition) is 2. The summed E-state index contributed by atoms with van der Waals surface area (Å²) >= 11 is 0. The first-order chi connectivity index (χ1) is 7.84. The lowest BCUT2D eigenvalue weighted by atomic mass is 9.81. The summed E-state index contributed by atoms with van der Waals surface area (Å²) in [5, 5.41) is 3.15. The molecule has 1 fully saturated rings. The van der Waals surface area contributed by atoms with Crippen molar-refractivity contribution in [3.63, 3.8) is 0 Å². The fourth-order valence-corrected chi connectivity index (χ4v) is 2.21. The highest BCUT2D eigenvalue weighted by molar-refractivity contribution is 5.79. The van der Waals surface area contributed by atoms with Gasteiger partial charge in [0, 0.05) is 12.0 Å². The highest BCUT2D eigenvalue weighted by Gasteiger charge is 2.28. The van der Waals surface area contributed by atoms with Gasteiger partial charge in [0.25, 0.3) is 0 Å². The standard InChI is InChI=1S/C14H28N2O/c1-10(14(2,3)4)16-13(17)12-7-5-11(9-15)6-8-12/h10-12H,5-9,15H2,1-4H3,(H,16,17). The summed E-state index contributed by atoms with van der Waals surface area (Å²) in [5.41, 5.74) is 5.79. The van der Waals surface area contributed by atoms with E-state index in [1.165, 1.54) is 0 Å². The fourth-order valence-electron chi connectivity index (χ4n) is 2.21. The van der Waals surface area contributed by atoms with Crippen LogP contribution in [0.3, 0.4) is 0 Å². The number of amides is 1. The van der Waals surface area contributed by atoms with Crippen LogP contribution in [-0.2, 0) is 4.79 Å². The Morgan fingerprint density at radius 1 is 1.29 bits per heavy atom. The summed E-state index contributed by atoms with van der Waals surface area (Å²) in [6.07, 6.45) is 4.23. The lowest BCUT2D eigenvalue weighted by Crippen LogP contribution is -2.44. The zero-order valence-corrected chi connectivity index (χ0v) is 11.8. The van der Waals surface area contributed by atoms with Gasteiger partial charge in [-0.2, -0.15) is 0 Å². The number of rotatable bonds is 3. The number of carbonyl (C=O) groups is 1. The minimum atomic E-state index is 0.129. The molecule has 0 aromatic carbocycles. The van der Waals surface area contributed by atoms with E-state index in [4.69, 9.17) is 5.73 Å². The van der Waals surface area contributed by atoms with Crippen LogP contribution < -0.4 is 11.1 Å². The van der Waals surface area contributed by atoms with Crippen molar-refractivity contribution in [3.05, 3.63) is 0 Å². The second kappa shape index (κ2) is 5.85. The maximum atomic E-state index is 12.1. The molecule has 100 valence electrons. The van der Waals surface area contributed by atoms with Gasteiger partial charge in [0.2, 0.25) is 5.91 Å². The quantitative estimate of drug-likeness (QED) is 0.795. The van der Waals surface area contributed by atoms with Gasteiger partial charge in [0.1, 0.15) is 0 Å². The van der Waals surface area contributed by atoms with Crippen LogP contribution in [0.15, 0.2) is 0 Å². The van der Waals surface area contributed by atoms with Crippen molar-refractivity contribution in [2.45, 2.75) is 59.4 Å². The lowest BCUT2D eigenvalue weighted by molar-refractivity contribution is -0.127. The molecular weight excluding hydrogens is 212 g/mol. The van der Waals surface area contributed by atoms with E-state index in [0.29, 0.717) is 5.92 Å². The molecule has 0 bridgehead atoms. The van der Waals surface area contributed by atoms with Gasteiger partial charge in [0.15, 0.2) is 0 Å². The van der Waals surface area contributed by atoms with Gasteiger partial charge in [-0.05, 0) is 50.5 Å². The van der Waals surface area contributed by atoms with Crippen molar-refractivity contribution in [2.75, 3.05) is 6.54 Å². The van der Waals surface area contributed by atoms with Gasteiger partial charge in [-0.3, -0.25) is 4.79 Å². The summed E-state index contributed by atoms with van der Waals surface area (Å²) in [6, 6.07) is 0.224. The summed E-state index contributed by atoms with van der Waals surface area (Å²) in [4.78, 5) is 12.1. The summed E-state index contributed by atoms with van der Waals surface area (Å²) in [7, 11) is 0. The molecule has 1 atom stereocenters. The molecule has 0 aliphatic heterocycles. The first-order valence-corrected chi connectivity index (χ1v) is 6.85. The van der Waals surface area contributed by atoms with Gasteiger partial charge in [-0.1, -0.05) is 20.8 Å². The van der Waals surface area contributed by atoms with E-state index in [1.807, 2.05) is 0 Å². The van der Waals surface area contributed by atoms with E-state index in [0.717, 1.165) is 32.2 Å². The second-order valence-corrected chi connectivity index (χ2v) is 6.55. The van der Waals surface area contributed by atoms with E-state index in [9.17, 15) is 4.79 Å². The Bertz CT molecular complexity index is 249. The molecule has 3 heteroatoms. The van der Waals surface area contributed by atoms with Crippen molar-refractivity contribution in [3.8, 4) is 0 Å². The molecule has 0 saturated heterocycles. The summed E-state index contributed by atoms with van der Waals surface area (Å²) < 4.78 is 0. The van der Waals surface area contributed by atoms with Crippen molar-refractivity contribution in [1.29, 1.82) is 0 Å². The highest BCUT2D eigenvalue weighted by atomic mass is 16.1. The predicted octanol–water partition coefficient (Wildman–Crippen LogP) is 2.30. The topological polar surface area (TPSA) is 55.1 Å². The predicted molar refractivity (Wildman–Crippen MR) is 71.6 cm³/mol. The van der Waals surface area contributed by atoms with Crippen LogP contribution in [0, 0.1) is 17.3 Å². The number of carbonyl (C=O) groups excluding carboxylic acids is 1. The molecular formula is C14H28N2O. The Kier molecular flexibility index (Phi) is 4.99. The summed E-state index contributed by atoms with van der Waals surface area (Å²) in [6.45, 7) is 9.33. The fraction of sp³-hybridized carbons (Fsp3) is 0.929. The molecule has 0 aromatic rings. The second-order valence-electron chi connectivity index (χ2n) is 6.55. The Balaban J connectivity index is 2.39. The minimum Gasteiger partial charge on any atom is -0.353 e. The van der Waals surface area contributed by atoms with Gasteiger partial charge in [0.05, 0.1) is 0 Å². The SMILES string of the molecule is CC(NC(=O)C1CCC(CN)CC1)C(C)(C)C. The molecule has 1 rings (SSSR count). The van der Waals surface area contributed by atoms with Gasteiger partial charge in [-0.25, -0.2) is 0 Å². The van der Waals surface area contributed by atoms with Gasteiger partial charge < -0.3 is 11.1 Å². The number of hydrogen-bond donors (Lipinski definition) is 2. The molecule has 0 radical (unpaired) electrons. The molecule has 3 N–H and O–H groups in total. The zero-order chi connectivity index (χ0) is 13.1. The van der Waals surface area contributed by atoms with E-state index in [1.54, 1.807) is 0 Å². The highest BCUT2D eigenvalue weighted by Crippen LogP contribution is 2.29. The lowest BCUT2D eigenvalue weighted by Gasteiger charge is -2.32. The third-order valence-electron chi connectivity index (χ3n) is 4.21. The van der Waals surface area contributed by atoms with E-state index in [2.05, 4.69) is 33.0 Å². The zero-order valence-electron chi connectivity index (χ0n) is 11.8. The van der Waals surface area contributed by atoms with E-state index >= 15 is 0 Å². The minimum absolute atomic E-state index is 0.129. The van der Waals surface area contributed by atoms with Crippen LogP contribution in [0.4, 0.5) is 0 Å². The van der Waals surface area contributed by atoms with Crippen molar-refractivity contribution < 1.29 is 4.79 Å². The van der Waals surface area contributed by atoms with Crippen molar-refractivity contribution in [2.24, 2.45) is 23.0 Å². The molecule has 0 heterocycles. The Morgan fingerprint density at radius 2 is 1.82 bits per heavy atom. The maximum Gasteiger partial charge on any atom is 0.223 e. The Labute approximate surface area is 106 Å². The van der Waals surface area contributed by atoms with Crippen LogP contribution in [-0.4, -0.2) is 18.5 Å². The average Bonchev–Trinajstić information content (AvgIpc) is 2.27. The largest absolute Gasteiger partial charge is 0.353 e. The molecule has 1 unspecified atom stereocenters.